The van der Waals surface area contributed by atoms with Crippen LogP contribution in [-0.2, 0) is 11.2 Å². The lowest BCUT2D eigenvalue weighted by molar-refractivity contribution is -0.116. The molecular formula is C17H14O6. The third-order valence-corrected chi connectivity index (χ3v) is 3.79. The van der Waals surface area contributed by atoms with Gasteiger partial charge in [0.2, 0.25) is 16.9 Å². The summed E-state index contributed by atoms with van der Waals surface area (Å²) in [5.41, 5.74) is 0.484. The van der Waals surface area contributed by atoms with E-state index >= 15 is 0 Å². The number of carbonyl (C=O) groups is 1. The number of aromatic hydroxyl groups is 3. The molecule has 0 aromatic heterocycles. The third-order valence-electron chi connectivity index (χ3n) is 3.79. The van der Waals surface area contributed by atoms with Gasteiger partial charge in [-0.3, -0.25) is 4.79 Å². The summed E-state index contributed by atoms with van der Waals surface area (Å²) >= 11 is 0. The van der Waals surface area contributed by atoms with Crippen molar-refractivity contribution < 1.29 is 24.5 Å². The predicted octanol–water partition coefficient (Wildman–Crippen LogP) is 2.54. The van der Waals surface area contributed by atoms with Crippen LogP contribution in [0.2, 0.25) is 0 Å². The maximum atomic E-state index is 11.6. The fourth-order valence-electron chi connectivity index (χ4n) is 2.61. The van der Waals surface area contributed by atoms with Gasteiger partial charge in [0.25, 0.3) is 0 Å². The van der Waals surface area contributed by atoms with Crippen LogP contribution >= 0.6 is 0 Å². The zero-order chi connectivity index (χ0) is 16.7. The Morgan fingerprint density at radius 3 is 2.52 bits per heavy atom. The lowest BCUT2D eigenvalue weighted by atomic mass is 9.94. The van der Waals surface area contributed by atoms with Crippen LogP contribution in [0.4, 0.5) is 0 Å². The van der Waals surface area contributed by atoms with Gasteiger partial charge in [0, 0.05) is 17.4 Å². The highest BCUT2D eigenvalue weighted by Gasteiger charge is 2.22. The molecule has 0 spiro atoms. The average molecular weight is 314 g/mol. The fourth-order valence-corrected chi connectivity index (χ4v) is 2.61. The van der Waals surface area contributed by atoms with E-state index in [4.69, 9.17) is 4.42 Å². The van der Waals surface area contributed by atoms with Gasteiger partial charge in [0.05, 0.1) is 0 Å². The zero-order valence-electron chi connectivity index (χ0n) is 12.3. The lowest BCUT2D eigenvalue weighted by Crippen LogP contribution is -2.04. The monoisotopic (exact) mass is 314 g/mol. The molecule has 0 saturated carbocycles. The number of phenols is 3. The third kappa shape index (κ3) is 2.38. The van der Waals surface area contributed by atoms with Crippen LogP contribution in [0.1, 0.15) is 18.9 Å². The van der Waals surface area contributed by atoms with E-state index in [1.54, 1.807) is 6.07 Å². The van der Waals surface area contributed by atoms with Crippen LogP contribution in [-0.4, -0.2) is 21.1 Å². The van der Waals surface area contributed by atoms with Gasteiger partial charge in [-0.2, -0.15) is 0 Å². The van der Waals surface area contributed by atoms with Crippen LogP contribution in [0.5, 0.6) is 17.2 Å². The second-order valence-corrected chi connectivity index (χ2v) is 5.38. The van der Waals surface area contributed by atoms with Crippen molar-refractivity contribution in [3.05, 3.63) is 40.1 Å². The molecule has 1 heterocycles. The van der Waals surface area contributed by atoms with Crippen LogP contribution in [0, 0.1) is 0 Å². The van der Waals surface area contributed by atoms with Gasteiger partial charge in [-0.05, 0) is 43.2 Å². The molecule has 1 aromatic rings. The average Bonchev–Trinajstić information content (AvgIpc) is 2.51. The molecule has 6 nitrogen and oxygen atoms in total. The highest BCUT2D eigenvalue weighted by molar-refractivity contribution is 5.94. The molecule has 0 radical (unpaired) electrons. The van der Waals surface area contributed by atoms with E-state index in [1.807, 2.05) is 0 Å². The molecule has 3 rings (SSSR count). The van der Waals surface area contributed by atoms with Crippen molar-refractivity contribution in [3.8, 4) is 28.6 Å². The van der Waals surface area contributed by atoms with Crippen molar-refractivity contribution in [2.45, 2.75) is 19.8 Å². The molecule has 118 valence electrons. The molecule has 0 amide bonds. The zero-order valence-corrected chi connectivity index (χ0v) is 12.3. The number of carbonyl (C=O) groups excluding carboxylic acids is 1. The van der Waals surface area contributed by atoms with Crippen molar-refractivity contribution in [1.82, 2.24) is 0 Å². The number of aryl methyl sites for hydroxylation is 1. The van der Waals surface area contributed by atoms with Gasteiger partial charge in [0.1, 0.15) is 5.78 Å². The second kappa shape index (κ2) is 5.31. The number of rotatable bonds is 3. The first-order valence-corrected chi connectivity index (χ1v) is 7.02. The minimum Gasteiger partial charge on any atom is -0.504 e. The molecule has 6 heteroatoms. The SMILES string of the molecule is CC(=O)CCc1c2ccc(=O)c(O)c-2oc2c(O)c(O)ccc12. The summed E-state index contributed by atoms with van der Waals surface area (Å²) in [7, 11) is 0. The Balaban J connectivity index is 2.43. The number of phenolic OH excluding ortho intramolecular Hbond substituents is 3. The second-order valence-electron chi connectivity index (χ2n) is 5.38. The van der Waals surface area contributed by atoms with Gasteiger partial charge in [-0.15, -0.1) is 0 Å². The Bertz CT molecular complexity index is 954. The number of ketones is 1. The topological polar surface area (TPSA) is 108 Å². The first-order valence-electron chi connectivity index (χ1n) is 7.02. The molecule has 0 saturated heterocycles. The molecule has 0 unspecified atom stereocenters. The minimum atomic E-state index is -0.613. The smallest absolute Gasteiger partial charge is 0.224 e. The Morgan fingerprint density at radius 2 is 1.83 bits per heavy atom. The van der Waals surface area contributed by atoms with Gasteiger partial charge in [-0.1, -0.05) is 0 Å². The van der Waals surface area contributed by atoms with E-state index in [0.29, 0.717) is 22.9 Å². The molecule has 1 aliphatic heterocycles. The number of fused-ring (bicyclic) bond motifs is 2. The predicted molar refractivity (Wildman–Crippen MR) is 83.1 cm³/mol. The number of benzene rings is 2. The van der Waals surface area contributed by atoms with Crippen molar-refractivity contribution in [1.29, 1.82) is 0 Å². The van der Waals surface area contributed by atoms with E-state index < -0.39 is 16.9 Å². The molecule has 0 atom stereocenters. The van der Waals surface area contributed by atoms with E-state index in [2.05, 4.69) is 0 Å². The van der Waals surface area contributed by atoms with Crippen LogP contribution in [0.3, 0.4) is 0 Å². The minimum absolute atomic E-state index is 0.0141. The normalized spacial score (nSPS) is 11.2. The lowest BCUT2D eigenvalue weighted by Gasteiger charge is -2.16. The van der Waals surface area contributed by atoms with E-state index in [0.717, 1.165) is 0 Å². The first kappa shape index (κ1) is 14.9. The Morgan fingerprint density at radius 1 is 1.09 bits per heavy atom. The van der Waals surface area contributed by atoms with Crippen molar-refractivity contribution >= 4 is 16.8 Å². The van der Waals surface area contributed by atoms with Crippen LogP contribution in [0.25, 0.3) is 22.3 Å². The summed E-state index contributed by atoms with van der Waals surface area (Å²) in [6, 6.07) is 5.61. The van der Waals surface area contributed by atoms with E-state index in [-0.39, 0.29) is 29.3 Å². The largest absolute Gasteiger partial charge is 0.504 e. The van der Waals surface area contributed by atoms with E-state index in [9.17, 15) is 24.9 Å². The number of Topliss-reactive ketones (excluding diaryl/α,β-unsaturated/α-hetero) is 1. The summed E-state index contributed by atoms with van der Waals surface area (Å²) in [6.07, 6.45) is 0.607. The highest BCUT2D eigenvalue weighted by atomic mass is 16.4. The summed E-state index contributed by atoms with van der Waals surface area (Å²) in [6.45, 7) is 1.47. The molecule has 0 bridgehead atoms. The van der Waals surface area contributed by atoms with Crippen LogP contribution in [0.15, 0.2) is 33.5 Å². The quantitative estimate of drug-likeness (QED) is 0.506. The molecule has 23 heavy (non-hydrogen) atoms. The Hall–Kier alpha value is -3.02. The van der Waals surface area contributed by atoms with Crippen molar-refractivity contribution in [3.63, 3.8) is 0 Å². The van der Waals surface area contributed by atoms with Gasteiger partial charge in [-0.25, -0.2) is 0 Å². The van der Waals surface area contributed by atoms with Crippen molar-refractivity contribution in [2.75, 3.05) is 0 Å². The molecule has 3 N–H and O–H groups in total. The summed E-state index contributed by atoms with van der Waals surface area (Å²) in [4.78, 5) is 22.9. The first-order chi connectivity index (χ1) is 10.9. The maximum Gasteiger partial charge on any atom is 0.224 e. The van der Waals surface area contributed by atoms with Crippen LogP contribution < -0.4 is 5.43 Å². The van der Waals surface area contributed by atoms with E-state index in [1.165, 1.54) is 25.1 Å². The summed E-state index contributed by atoms with van der Waals surface area (Å²) in [5, 5.41) is 30.1. The highest BCUT2D eigenvalue weighted by Crippen LogP contribution is 2.43. The van der Waals surface area contributed by atoms with Gasteiger partial charge >= 0.3 is 0 Å². The Labute approximate surface area is 130 Å². The molecule has 0 fully saturated rings. The Kier molecular flexibility index (Phi) is 3.44. The standard InChI is InChI=1S/C17H14O6/c1-8(18)2-3-9-10-4-6-12(19)14(21)16(10)23-17-11(9)5-7-13(20)15(17)22/h4-7,19,21-22H,2-3H2,1H3. The molecule has 1 aromatic carbocycles. The van der Waals surface area contributed by atoms with Gasteiger partial charge in [0.15, 0.2) is 17.1 Å². The summed E-state index contributed by atoms with van der Waals surface area (Å²) in [5.74, 6) is -1.53. The number of hydrogen-bond acceptors (Lipinski definition) is 6. The van der Waals surface area contributed by atoms with Crippen molar-refractivity contribution in [2.24, 2.45) is 0 Å². The molecular weight excluding hydrogens is 300 g/mol. The number of hydrogen-bond donors (Lipinski definition) is 3. The van der Waals surface area contributed by atoms with Gasteiger partial charge < -0.3 is 24.5 Å². The molecule has 1 aliphatic carbocycles. The molecule has 2 aliphatic rings. The fraction of sp³-hybridized carbons (Fsp3) is 0.176. The maximum absolute atomic E-state index is 11.6. The summed E-state index contributed by atoms with van der Waals surface area (Å²) < 4.78 is 5.47.